The van der Waals surface area contributed by atoms with Crippen molar-refractivity contribution in [3.05, 3.63) is 70.3 Å². The van der Waals surface area contributed by atoms with E-state index in [0.717, 1.165) is 0 Å². The summed E-state index contributed by atoms with van der Waals surface area (Å²) in [7, 11) is -4.59. The van der Waals surface area contributed by atoms with Crippen molar-refractivity contribution in [3.63, 3.8) is 0 Å². The van der Waals surface area contributed by atoms with E-state index in [1.165, 1.54) is 18.2 Å². The van der Waals surface area contributed by atoms with E-state index in [1.807, 2.05) is 0 Å². The van der Waals surface area contributed by atoms with Gasteiger partial charge < -0.3 is 15.1 Å². The van der Waals surface area contributed by atoms with Crippen LogP contribution in [-0.2, 0) is 9.09 Å². The van der Waals surface area contributed by atoms with Gasteiger partial charge in [-0.15, -0.1) is 0 Å². The van der Waals surface area contributed by atoms with Crippen LogP contribution in [0.5, 0.6) is 0 Å². The van der Waals surface area contributed by atoms with Crippen LogP contribution in [0.15, 0.2) is 42.5 Å². The fourth-order valence-corrected chi connectivity index (χ4v) is 3.00. The van der Waals surface area contributed by atoms with Gasteiger partial charge in [-0.2, -0.15) is 0 Å². The lowest BCUT2D eigenvalue weighted by Gasteiger charge is -2.18. The van der Waals surface area contributed by atoms with Crippen molar-refractivity contribution in [1.29, 1.82) is 0 Å². The zero-order chi connectivity index (χ0) is 18.9. The van der Waals surface area contributed by atoms with Gasteiger partial charge in [-0.05, 0) is 18.2 Å². The van der Waals surface area contributed by atoms with Crippen LogP contribution in [0, 0.1) is 0 Å². The number of phosphoric ester groups is 1. The number of benzene rings is 2. The van der Waals surface area contributed by atoms with E-state index in [1.54, 1.807) is 24.3 Å². The van der Waals surface area contributed by atoms with Crippen molar-refractivity contribution >= 4 is 25.3 Å². The Bertz CT molecular complexity index is 963. The monoisotopic (exact) mass is 375 g/mol. The molecule has 2 aromatic rings. The molecule has 0 radical (unpaired) electrons. The Hall–Kier alpha value is -2.64. The average Bonchev–Trinajstić information content (AvgIpc) is 2.62. The molecule has 0 saturated heterocycles. The molecule has 9 heteroatoms. The Morgan fingerprint density at radius 3 is 2.15 bits per heavy atom. The van der Waals surface area contributed by atoms with E-state index in [0.29, 0.717) is 5.56 Å². The number of nitrogens with one attached hydrogen (secondary N) is 1. The molecular weight excluding hydrogens is 361 g/mol. The lowest BCUT2D eigenvalue weighted by atomic mass is 9.83. The summed E-state index contributed by atoms with van der Waals surface area (Å²) in [5.41, 5.74) is 1.15. The van der Waals surface area contributed by atoms with E-state index in [2.05, 4.69) is 9.84 Å². The molecule has 0 bridgehead atoms. The Labute approximate surface area is 148 Å². The van der Waals surface area contributed by atoms with Crippen molar-refractivity contribution in [3.8, 4) is 0 Å². The number of carbonyl (C=O) groups excluding carboxylic acids is 3. The summed E-state index contributed by atoms with van der Waals surface area (Å²) in [6.45, 7) is -0.498. The number of fused-ring (bicyclic) bond motifs is 2. The Balaban J connectivity index is 1.79. The molecule has 8 nitrogen and oxygen atoms in total. The number of phosphoric acid groups is 1. The summed E-state index contributed by atoms with van der Waals surface area (Å²) in [4.78, 5) is 54.4. The van der Waals surface area contributed by atoms with Crippen LogP contribution in [0.25, 0.3) is 0 Å². The molecule has 1 aliphatic rings. The third-order valence-electron chi connectivity index (χ3n) is 3.83. The maximum Gasteiger partial charge on any atom is 0.469 e. The molecular formula is C17H14NO7P. The van der Waals surface area contributed by atoms with Crippen LogP contribution in [0.1, 0.15) is 42.2 Å². The Morgan fingerprint density at radius 1 is 0.962 bits per heavy atom. The first-order chi connectivity index (χ1) is 12.3. The van der Waals surface area contributed by atoms with E-state index in [-0.39, 0.29) is 47.0 Å². The maximum atomic E-state index is 12.6. The fourth-order valence-electron chi connectivity index (χ4n) is 2.67. The number of amides is 1. The molecule has 1 aliphatic carbocycles. The first-order valence-electron chi connectivity index (χ1n) is 7.59. The molecule has 0 unspecified atom stereocenters. The molecule has 0 fully saturated rings. The molecule has 26 heavy (non-hydrogen) atoms. The minimum atomic E-state index is -4.59. The number of hydrogen-bond acceptors (Lipinski definition) is 5. The molecule has 0 aliphatic heterocycles. The summed E-state index contributed by atoms with van der Waals surface area (Å²) < 4.78 is 14.8. The zero-order valence-electron chi connectivity index (χ0n) is 13.3. The molecule has 0 atom stereocenters. The molecule has 0 spiro atoms. The molecule has 0 aromatic heterocycles. The van der Waals surface area contributed by atoms with Crippen LogP contribution in [0.4, 0.5) is 0 Å². The second-order valence-corrected chi connectivity index (χ2v) is 6.78. The van der Waals surface area contributed by atoms with E-state index in [9.17, 15) is 18.9 Å². The number of rotatable bonds is 5. The van der Waals surface area contributed by atoms with Gasteiger partial charge >= 0.3 is 7.82 Å². The Morgan fingerprint density at radius 2 is 1.54 bits per heavy atom. The van der Waals surface area contributed by atoms with Crippen molar-refractivity contribution in [2.75, 3.05) is 13.2 Å². The molecule has 3 N–H and O–H groups in total. The Kier molecular flexibility index (Phi) is 4.84. The SMILES string of the molecule is O=C(NCCOP(=O)(O)O)c1ccc2c(c1)C(=O)c1ccccc1C2=O. The summed E-state index contributed by atoms with van der Waals surface area (Å²) in [5.74, 6) is -1.17. The molecule has 0 saturated carbocycles. The van der Waals surface area contributed by atoms with Gasteiger partial charge in [-0.25, -0.2) is 4.57 Å². The van der Waals surface area contributed by atoms with Crippen molar-refractivity contribution < 1.29 is 33.3 Å². The summed E-state index contributed by atoms with van der Waals surface area (Å²) in [6.07, 6.45) is 0. The molecule has 134 valence electrons. The first-order valence-corrected chi connectivity index (χ1v) is 9.12. The smallest absolute Gasteiger partial charge is 0.350 e. The molecule has 2 aromatic carbocycles. The van der Waals surface area contributed by atoms with Crippen LogP contribution in [0.2, 0.25) is 0 Å². The highest BCUT2D eigenvalue weighted by molar-refractivity contribution is 7.46. The zero-order valence-corrected chi connectivity index (χ0v) is 14.2. The van der Waals surface area contributed by atoms with Crippen molar-refractivity contribution in [1.82, 2.24) is 5.32 Å². The summed E-state index contributed by atoms with van der Waals surface area (Å²) in [5, 5.41) is 2.42. The summed E-state index contributed by atoms with van der Waals surface area (Å²) in [6, 6.07) is 10.7. The number of carbonyl (C=O) groups is 3. The van der Waals surface area contributed by atoms with Gasteiger partial charge in [-0.3, -0.25) is 18.9 Å². The highest BCUT2D eigenvalue weighted by Gasteiger charge is 2.29. The summed E-state index contributed by atoms with van der Waals surface area (Å²) >= 11 is 0. The predicted molar refractivity (Wildman–Crippen MR) is 90.1 cm³/mol. The van der Waals surface area contributed by atoms with Gasteiger partial charge in [0.05, 0.1) is 6.61 Å². The highest BCUT2D eigenvalue weighted by atomic mass is 31.2. The van der Waals surface area contributed by atoms with Crippen LogP contribution >= 0.6 is 7.82 Å². The largest absolute Gasteiger partial charge is 0.469 e. The van der Waals surface area contributed by atoms with Crippen molar-refractivity contribution in [2.24, 2.45) is 0 Å². The van der Waals surface area contributed by atoms with Crippen LogP contribution in [-0.4, -0.2) is 40.4 Å². The van der Waals surface area contributed by atoms with Crippen LogP contribution in [0.3, 0.4) is 0 Å². The standard InChI is InChI=1S/C17H14NO7P/c19-15-11-3-1-2-4-12(11)16(20)14-9-10(5-6-13(14)15)17(21)18-7-8-25-26(22,23)24/h1-6,9H,7-8H2,(H,18,21)(H2,22,23,24). The van der Waals surface area contributed by atoms with Crippen molar-refractivity contribution in [2.45, 2.75) is 0 Å². The third-order valence-corrected chi connectivity index (χ3v) is 4.35. The molecule has 0 heterocycles. The third kappa shape index (κ3) is 3.63. The van der Waals surface area contributed by atoms with Gasteiger partial charge in [-0.1, -0.05) is 24.3 Å². The van der Waals surface area contributed by atoms with Gasteiger partial charge in [0, 0.05) is 34.4 Å². The van der Waals surface area contributed by atoms with E-state index < -0.39 is 13.7 Å². The van der Waals surface area contributed by atoms with Gasteiger partial charge in [0.25, 0.3) is 5.91 Å². The quantitative estimate of drug-likeness (QED) is 0.453. The molecule has 1 amide bonds. The van der Waals surface area contributed by atoms with E-state index in [4.69, 9.17) is 9.79 Å². The lowest BCUT2D eigenvalue weighted by Crippen LogP contribution is -2.28. The lowest BCUT2D eigenvalue weighted by molar-refractivity contribution is 0.0939. The molecule has 3 rings (SSSR count). The number of hydrogen-bond donors (Lipinski definition) is 3. The number of ketones is 2. The minimum absolute atomic E-state index is 0.128. The van der Waals surface area contributed by atoms with Gasteiger partial charge in [0.15, 0.2) is 11.6 Å². The van der Waals surface area contributed by atoms with E-state index >= 15 is 0 Å². The fraction of sp³-hybridized carbons (Fsp3) is 0.118. The average molecular weight is 375 g/mol. The predicted octanol–water partition coefficient (Wildman–Crippen LogP) is 1.30. The highest BCUT2D eigenvalue weighted by Crippen LogP contribution is 2.35. The van der Waals surface area contributed by atoms with Gasteiger partial charge in [0.1, 0.15) is 0 Å². The van der Waals surface area contributed by atoms with Gasteiger partial charge in [0.2, 0.25) is 0 Å². The second kappa shape index (κ2) is 6.93. The topological polar surface area (TPSA) is 130 Å². The van der Waals surface area contributed by atoms with Crippen LogP contribution < -0.4 is 5.32 Å². The first kappa shape index (κ1) is 18.2. The second-order valence-electron chi connectivity index (χ2n) is 5.54. The normalized spacial score (nSPS) is 13.2. The minimum Gasteiger partial charge on any atom is -0.350 e. The maximum absolute atomic E-state index is 12.6.